The van der Waals surface area contributed by atoms with Crippen LogP contribution in [0.3, 0.4) is 0 Å². The van der Waals surface area contributed by atoms with E-state index >= 15 is 0 Å². The van der Waals surface area contributed by atoms with E-state index in [9.17, 15) is 4.79 Å². The molecule has 3 nitrogen and oxygen atoms in total. The summed E-state index contributed by atoms with van der Waals surface area (Å²) in [6, 6.07) is 17.2. The topological polar surface area (TPSA) is 38.7 Å². The number of aryl methyl sites for hydroxylation is 1. The maximum Gasteiger partial charge on any atom is 0.345 e. The highest BCUT2D eigenvalue weighted by molar-refractivity contribution is 6.08. The highest BCUT2D eigenvalue weighted by Crippen LogP contribution is 2.34. The summed E-state index contributed by atoms with van der Waals surface area (Å²) in [7, 11) is 0. The molecule has 0 N–H and O–H groups in total. The van der Waals surface area contributed by atoms with E-state index in [0.29, 0.717) is 5.90 Å². The molecule has 20 heavy (non-hydrogen) atoms. The van der Waals surface area contributed by atoms with E-state index in [4.69, 9.17) is 4.74 Å². The summed E-state index contributed by atoms with van der Waals surface area (Å²) >= 11 is 0. The molecule has 0 fully saturated rings. The number of hydrogen-bond acceptors (Lipinski definition) is 3. The number of aliphatic imine (C=N–C) groups is 1. The third-order valence-electron chi connectivity index (χ3n) is 3.60. The van der Waals surface area contributed by atoms with E-state index in [1.54, 1.807) is 6.92 Å². The van der Waals surface area contributed by atoms with Crippen LogP contribution < -0.4 is 0 Å². The number of carbonyl (C=O) groups is 1. The third kappa shape index (κ3) is 1.92. The van der Waals surface area contributed by atoms with Crippen LogP contribution in [0.15, 0.2) is 59.6 Å². The van der Waals surface area contributed by atoms with Gasteiger partial charge in [0.25, 0.3) is 0 Å². The first-order valence-electron chi connectivity index (χ1n) is 6.55. The summed E-state index contributed by atoms with van der Waals surface area (Å²) in [5.41, 5.74) is 1.77. The van der Waals surface area contributed by atoms with Crippen LogP contribution in [0, 0.1) is 6.92 Å². The van der Waals surface area contributed by atoms with E-state index < -0.39 is 5.54 Å². The smallest absolute Gasteiger partial charge is 0.345 e. The molecule has 0 amide bonds. The second-order valence-corrected chi connectivity index (χ2v) is 5.06. The zero-order valence-electron chi connectivity index (χ0n) is 11.5. The van der Waals surface area contributed by atoms with Gasteiger partial charge in [-0.3, -0.25) is 0 Å². The van der Waals surface area contributed by atoms with E-state index in [2.05, 4.69) is 4.99 Å². The summed E-state index contributed by atoms with van der Waals surface area (Å²) in [4.78, 5) is 16.8. The van der Waals surface area contributed by atoms with Crippen LogP contribution in [0.4, 0.5) is 0 Å². The normalized spacial score (nSPS) is 21.5. The van der Waals surface area contributed by atoms with Gasteiger partial charge in [0.15, 0.2) is 5.54 Å². The van der Waals surface area contributed by atoms with Gasteiger partial charge >= 0.3 is 5.97 Å². The van der Waals surface area contributed by atoms with Gasteiger partial charge in [-0.2, -0.15) is 0 Å². The molecule has 0 saturated heterocycles. The molecule has 0 aliphatic carbocycles. The molecule has 2 aromatic rings. The van der Waals surface area contributed by atoms with Crippen molar-refractivity contribution in [2.24, 2.45) is 4.99 Å². The molecule has 3 heteroatoms. The number of esters is 1. The molecule has 0 saturated carbocycles. The summed E-state index contributed by atoms with van der Waals surface area (Å²) in [6.07, 6.45) is 0. The second kappa shape index (κ2) is 4.60. The predicted octanol–water partition coefficient (Wildman–Crippen LogP) is 3.21. The van der Waals surface area contributed by atoms with Gasteiger partial charge in [0, 0.05) is 5.56 Å². The monoisotopic (exact) mass is 265 g/mol. The molecular formula is C17H15NO2. The predicted molar refractivity (Wildman–Crippen MR) is 77.6 cm³/mol. The minimum absolute atomic E-state index is 0.328. The van der Waals surface area contributed by atoms with Crippen LogP contribution in [0.25, 0.3) is 0 Å². The Morgan fingerprint density at radius 3 is 2.35 bits per heavy atom. The molecule has 0 radical (unpaired) electrons. The van der Waals surface area contributed by atoms with Crippen molar-refractivity contribution in [3.63, 3.8) is 0 Å². The molecule has 1 unspecified atom stereocenters. The van der Waals surface area contributed by atoms with Crippen molar-refractivity contribution in [1.29, 1.82) is 0 Å². The van der Waals surface area contributed by atoms with Gasteiger partial charge in [-0.05, 0) is 37.1 Å². The zero-order valence-corrected chi connectivity index (χ0v) is 11.5. The highest BCUT2D eigenvalue weighted by Gasteiger charge is 2.44. The Labute approximate surface area is 117 Å². The van der Waals surface area contributed by atoms with Gasteiger partial charge in [0.2, 0.25) is 5.90 Å². The van der Waals surface area contributed by atoms with Crippen LogP contribution in [0.1, 0.15) is 23.6 Å². The van der Waals surface area contributed by atoms with E-state index in [1.165, 1.54) is 0 Å². The number of cyclic esters (lactones) is 1. The van der Waals surface area contributed by atoms with Crippen LogP contribution in [-0.2, 0) is 15.1 Å². The second-order valence-electron chi connectivity index (χ2n) is 5.06. The fraction of sp³-hybridized carbons (Fsp3) is 0.176. The van der Waals surface area contributed by atoms with Gasteiger partial charge in [0.1, 0.15) is 0 Å². The molecule has 3 rings (SSSR count). The first-order valence-corrected chi connectivity index (χ1v) is 6.55. The van der Waals surface area contributed by atoms with Crippen molar-refractivity contribution < 1.29 is 9.53 Å². The van der Waals surface area contributed by atoms with Crippen molar-refractivity contribution in [2.45, 2.75) is 19.4 Å². The number of ether oxygens (including phenoxy) is 1. The molecular weight excluding hydrogens is 250 g/mol. The summed E-state index contributed by atoms with van der Waals surface area (Å²) in [6.45, 7) is 3.78. The fourth-order valence-corrected chi connectivity index (χ4v) is 2.45. The Kier molecular flexibility index (Phi) is 2.90. The lowest BCUT2D eigenvalue weighted by atomic mass is 9.90. The van der Waals surface area contributed by atoms with E-state index in [0.717, 1.165) is 16.7 Å². The molecule has 1 aliphatic rings. The summed E-state index contributed by atoms with van der Waals surface area (Å²) in [5.74, 6) is 0.0620. The average molecular weight is 265 g/mol. The lowest BCUT2D eigenvalue weighted by Crippen LogP contribution is -2.28. The Hall–Kier alpha value is -2.42. The van der Waals surface area contributed by atoms with Crippen LogP contribution in [0.5, 0.6) is 0 Å². The highest BCUT2D eigenvalue weighted by atomic mass is 16.6. The lowest BCUT2D eigenvalue weighted by Gasteiger charge is -2.18. The first-order chi connectivity index (χ1) is 9.61. The zero-order chi connectivity index (χ0) is 14.2. The van der Waals surface area contributed by atoms with Crippen LogP contribution in [0.2, 0.25) is 0 Å². The van der Waals surface area contributed by atoms with Crippen molar-refractivity contribution in [3.8, 4) is 0 Å². The van der Waals surface area contributed by atoms with Gasteiger partial charge in [-0.25, -0.2) is 9.79 Å². The average Bonchev–Trinajstić information content (AvgIpc) is 2.77. The van der Waals surface area contributed by atoms with Crippen molar-refractivity contribution >= 4 is 11.9 Å². The standard InChI is InChI=1S/C17H15NO2/c1-12-8-6-7-11-14(12)17(2)16(19)20-15(18-17)13-9-4-3-5-10-13/h3-11H,1-2H3. The molecule has 1 atom stereocenters. The number of carbonyl (C=O) groups excluding carboxylic acids is 1. The van der Waals surface area contributed by atoms with Crippen molar-refractivity contribution in [2.75, 3.05) is 0 Å². The quantitative estimate of drug-likeness (QED) is 0.782. The van der Waals surface area contributed by atoms with Crippen LogP contribution >= 0.6 is 0 Å². The molecule has 0 bridgehead atoms. The van der Waals surface area contributed by atoms with Gasteiger partial charge in [-0.1, -0.05) is 42.5 Å². The third-order valence-corrected chi connectivity index (χ3v) is 3.60. The SMILES string of the molecule is Cc1ccccc1C1(C)N=C(c2ccccc2)OC1=O. The van der Waals surface area contributed by atoms with Gasteiger partial charge in [0.05, 0.1) is 0 Å². The maximum absolute atomic E-state index is 12.3. The molecule has 1 heterocycles. The summed E-state index contributed by atoms with van der Waals surface area (Å²) in [5, 5.41) is 0. The van der Waals surface area contributed by atoms with Gasteiger partial charge in [-0.15, -0.1) is 0 Å². The minimum atomic E-state index is -0.962. The first kappa shape index (κ1) is 12.6. The molecule has 0 spiro atoms. The number of benzene rings is 2. The Bertz CT molecular complexity index is 691. The minimum Gasteiger partial charge on any atom is -0.405 e. The molecule has 1 aliphatic heterocycles. The van der Waals surface area contributed by atoms with Crippen molar-refractivity contribution in [3.05, 3.63) is 71.3 Å². The molecule has 2 aromatic carbocycles. The van der Waals surface area contributed by atoms with Crippen molar-refractivity contribution in [1.82, 2.24) is 0 Å². The Morgan fingerprint density at radius 2 is 1.65 bits per heavy atom. The molecule has 100 valence electrons. The van der Waals surface area contributed by atoms with E-state index in [-0.39, 0.29) is 5.97 Å². The number of hydrogen-bond donors (Lipinski definition) is 0. The Balaban J connectivity index is 2.09. The summed E-state index contributed by atoms with van der Waals surface area (Å²) < 4.78 is 5.38. The largest absolute Gasteiger partial charge is 0.405 e. The van der Waals surface area contributed by atoms with Crippen LogP contribution in [-0.4, -0.2) is 11.9 Å². The maximum atomic E-state index is 12.3. The van der Waals surface area contributed by atoms with E-state index in [1.807, 2.05) is 61.5 Å². The molecule has 0 aromatic heterocycles. The van der Waals surface area contributed by atoms with Gasteiger partial charge < -0.3 is 4.74 Å². The lowest BCUT2D eigenvalue weighted by molar-refractivity contribution is -0.138. The fourth-order valence-electron chi connectivity index (χ4n) is 2.45. The Morgan fingerprint density at radius 1 is 1.00 bits per heavy atom. The number of rotatable bonds is 2. The number of nitrogens with zero attached hydrogens (tertiary/aromatic N) is 1.